The van der Waals surface area contributed by atoms with E-state index in [-0.39, 0.29) is 11.3 Å². The Kier molecular flexibility index (Phi) is 3.57. The van der Waals surface area contributed by atoms with E-state index < -0.39 is 12.6 Å². The summed E-state index contributed by atoms with van der Waals surface area (Å²) in [4.78, 5) is 11.5. The fourth-order valence-corrected chi connectivity index (χ4v) is 2.24. The van der Waals surface area contributed by atoms with Crippen LogP contribution < -0.4 is 4.74 Å². The second-order valence-corrected chi connectivity index (χ2v) is 4.32. The van der Waals surface area contributed by atoms with Gasteiger partial charge in [0.2, 0.25) is 0 Å². The SMILES string of the molecule is O=C(O)c1ccc(-c2cccs2)c(OC(F)F)c1. The van der Waals surface area contributed by atoms with Gasteiger partial charge in [-0.2, -0.15) is 8.78 Å². The van der Waals surface area contributed by atoms with Crippen LogP contribution in [0.3, 0.4) is 0 Å². The van der Waals surface area contributed by atoms with Crippen LogP contribution >= 0.6 is 11.3 Å². The lowest BCUT2D eigenvalue weighted by atomic mass is 10.1. The number of alkyl halides is 2. The van der Waals surface area contributed by atoms with Crippen molar-refractivity contribution in [1.82, 2.24) is 0 Å². The molecule has 0 aliphatic heterocycles. The summed E-state index contributed by atoms with van der Waals surface area (Å²) in [6, 6.07) is 7.45. The topological polar surface area (TPSA) is 46.5 Å². The lowest BCUT2D eigenvalue weighted by Gasteiger charge is -2.10. The van der Waals surface area contributed by atoms with Gasteiger partial charge in [0, 0.05) is 10.4 Å². The molecular weight excluding hydrogens is 262 g/mol. The molecule has 0 saturated carbocycles. The summed E-state index contributed by atoms with van der Waals surface area (Å²) in [6.45, 7) is -2.99. The van der Waals surface area contributed by atoms with Gasteiger partial charge in [-0.3, -0.25) is 0 Å². The molecule has 0 saturated heterocycles. The minimum Gasteiger partial charge on any atom is -0.478 e. The Balaban J connectivity index is 2.48. The van der Waals surface area contributed by atoms with Crippen LogP contribution in [-0.2, 0) is 0 Å². The first-order chi connectivity index (χ1) is 8.58. The van der Waals surface area contributed by atoms with Gasteiger partial charge in [0.05, 0.1) is 5.56 Å². The maximum Gasteiger partial charge on any atom is 0.387 e. The fraction of sp³-hybridized carbons (Fsp3) is 0.0833. The zero-order chi connectivity index (χ0) is 13.1. The van der Waals surface area contributed by atoms with E-state index in [2.05, 4.69) is 4.74 Å². The first kappa shape index (κ1) is 12.5. The van der Waals surface area contributed by atoms with Gasteiger partial charge in [-0.25, -0.2) is 4.79 Å². The highest BCUT2D eigenvalue weighted by Gasteiger charge is 2.15. The smallest absolute Gasteiger partial charge is 0.387 e. The third kappa shape index (κ3) is 2.65. The summed E-state index contributed by atoms with van der Waals surface area (Å²) >= 11 is 1.36. The van der Waals surface area contributed by atoms with Crippen molar-refractivity contribution in [3.05, 3.63) is 41.3 Å². The molecule has 18 heavy (non-hydrogen) atoms. The molecule has 1 aromatic heterocycles. The summed E-state index contributed by atoms with van der Waals surface area (Å²) < 4.78 is 29.0. The molecule has 0 atom stereocenters. The van der Waals surface area contributed by atoms with E-state index in [0.717, 1.165) is 10.9 Å². The standard InChI is InChI=1S/C12H8F2O3S/c13-12(14)17-9-6-7(11(15)16)3-4-8(9)10-2-1-5-18-10/h1-6,12H,(H,15,16). The van der Waals surface area contributed by atoms with E-state index in [1.54, 1.807) is 17.5 Å². The van der Waals surface area contributed by atoms with Gasteiger partial charge >= 0.3 is 12.6 Å². The van der Waals surface area contributed by atoms with Gasteiger partial charge in [0.25, 0.3) is 0 Å². The van der Waals surface area contributed by atoms with Gasteiger partial charge in [0.15, 0.2) is 0 Å². The van der Waals surface area contributed by atoms with Crippen LogP contribution in [0.25, 0.3) is 10.4 Å². The minimum atomic E-state index is -2.99. The van der Waals surface area contributed by atoms with Gasteiger partial charge in [-0.1, -0.05) is 6.07 Å². The highest BCUT2D eigenvalue weighted by molar-refractivity contribution is 7.13. The van der Waals surface area contributed by atoms with E-state index in [1.165, 1.54) is 23.5 Å². The van der Waals surface area contributed by atoms with Crippen molar-refractivity contribution in [2.24, 2.45) is 0 Å². The van der Waals surface area contributed by atoms with Crippen molar-refractivity contribution >= 4 is 17.3 Å². The number of carbonyl (C=O) groups is 1. The lowest BCUT2D eigenvalue weighted by Crippen LogP contribution is -2.05. The molecule has 0 amide bonds. The summed E-state index contributed by atoms with van der Waals surface area (Å²) in [5, 5.41) is 10.6. The largest absolute Gasteiger partial charge is 0.478 e. The number of carboxylic acids is 1. The Bertz CT molecular complexity index is 552. The number of rotatable bonds is 4. The van der Waals surface area contributed by atoms with Crippen LogP contribution in [0.4, 0.5) is 8.78 Å². The second-order valence-electron chi connectivity index (χ2n) is 3.37. The van der Waals surface area contributed by atoms with Gasteiger partial charge in [0.1, 0.15) is 5.75 Å². The van der Waals surface area contributed by atoms with E-state index in [9.17, 15) is 13.6 Å². The Labute approximate surface area is 105 Å². The van der Waals surface area contributed by atoms with Gasteiger partial charge in [-0.05, 0) is 29.6 Å². The molecule has 0 aliphatic carbocycles. The van der Waals surface area contributed by atoms with Gasteiger partial charge in [-0.15, -0.1) is 11.3 Å². The molecule has 94 valence electrons. The van der Waals surface area contributed by atoms with Gasteiger partial charge < -0.3 is 9.84 Å². The molecular formula is C12H8F2O3S. The van der Waals surface area contributed by atoms with Crippen LogP contribution in [0.1, 0.15) is 10.4 Å². The molecule has 6 heteroatoms. The molecule has 0 bridgehead atoms. The summed E-state index contributed by atoms with van der Waals surface area (Å²) in [5.41, 5.74) is 0.362. The normalized spacial score (nSPS) is 10.6. The van der Waals surface area contributed by atoms with Crippen LogP contribution in [0, 0.1) is 0 Å². The van der Waals surface area contributed by atoms with E-state index in [4.69, 9.17) is 5.11 Å². The van der Waals surface area contributed by atoms with Crippen molar-refractivity contribution in [2.75, 3.05) is 0 Å². The van der Waals surface area contributed by atoms with Crippen molar-refractivity contribution in [3.8, 4) is 16.2 Å². The number of halogens is 2. The number of hydrogen-bond donors (Lipinski definition) is 1. The van der Waals surface area contributed by atoms with Crippen molar-refractivity contribution in [2.45, 2.75) is 6.61 Å². The zero-order valence-electron chi connectivity index (χ0n) is 8.97. The van der Waals surface area contributed by atoms with E-state index >= 15 is 0 Å². The average Bonchev–Trinajstić information content (AvgIpc) is 2.81. The average molecular weight is 270 g/mol. The number of hydrogen-bond acceptors (Lipinski definition) is 3. The molecule has 0 spiro atoms. The quantitative estimate of drug-likeness (QED) is 0.921. The molecule has 2 rings (SSSR count). The fourth-order valence-electron chi connectivity index (χ4n) is 1.48. The van der Waals surface area contributed by atoms with Crippen LogP contribution in [0.2, 0.25) is 0 Å². The van der Waals surface area contributed by atoms with E-state index in [0.29, 0.717) is 5.56 Å². The van der Waals surface area contributed by atoms with Crippen molar-refractivity contribution < 1.29 is 23.4 Å². The molecule has 2 aromatic rings. The van der Waals surface area contributed by atoms with Crippen LogP contribution in [0.5, 0.6) is 5.75 Å². The third-order valence-corrected chi connectivity index (χ3v) is 3.13. The predicted octanol–water partition coefficient (Wildman–Crippen LogP) is 3.71. The van der Waals surface area contributed by atoms with E-state index in [1.807, 2.05) is 0 Å². The number of carboxylic acid groups (broad SMARTS) is 1. The summed E-state index contributed by atoms with van der Waals surface area (Å²) in [5.74, 6) is -1.32. The summed E-state index contributed by atoms with van der Waals surface area (Å²) in [6.07, 6.45) is 0. The highest BCUT2D eigenvalue weighted by atomic mass is 32.1. The Morgan fingerprint density at radius 3 is 2.67 bits per heavy atom. The second kappa shape index (κ2) is 5.14. The maximum absolute atomic E-state index is 12.3. The molecule has 0 aliphatic rings. The Morgan fingerprint density at radius 2 is 2.11 bits per heavy atom. The number of aromatic carboxylic acids is 1. The third-order valence-electron chi connectivity index (χ3n) is 2.23. The summed E-state index contributed by atoms with van der Waals surface area (Å²) in [7, 11) is 0. The molecule has 0 fully saturated rings. The zero-order valence-corrected chi connectivity index (χ0v) is 9.79. The molecule has 1 heterocycles. The number of thiophene rings is 1. The first-order valence-electron chi connectivity index (χ1n) is 4.94. The Morgan fingerprint density at radius 1 is 1.33 bits per heavy atom. The maximum atomic E-state index is 12.3. The molecule has 3 nitrogen and oxygen atoms in total. The monoisotopic (exact) mass is 270 g/mol. The predicted molar refractivity (Wildman–Crippen MR) is 63.3 cm³/mol. The van der Waals surface area contributed by atoms with Crippen LogP contribution in [-0.4, -0.2) is 17.7 Å². The molecule has 0 radical (unpaired) electrons. The number of ether oxygens (including phenoxy) is 1. The highest BCUT2D eigenvalue weighted by Crippen LogP contribution is 2.34. The minimum absolute atomic E-state index is 0.0917. The first-order valence-corrected chi connectivity index (χ1v) is 5.82. The van der Waals surface area contributed by atoms with Crippen molar-refractivity contribution in [3.63, 3.8) is 0 Å². The van der Waals surface area contributed by atoms with Crippen LogP contribution in [0.15, 0.2) is 35.7 Å². The molecule has 1 aromatic carbocycles. The number of benzene rings is 1. The molecule has 0 unspecified atom stereocenters. The Hall–Kier alpha value is -1.95. The molecule has 1 N–H and O–H groups in total. The lowest BCUT2D eigenvalue weighted by molar-refractivity contribution is -0.0495. The van der Waals surface area contributed by atoms with Crippen molar-refractivity contribution in [1.29, 1.82) is 0 Å².